The Morgan fingerprint density at radius 3 is 2.59 bits per heavy atom. The topological polar surface area (TPSA) is 43.7 Å². The van der Waals surface area contributed by atoms with Crippen LogP contribution in [0.15, 0.2) is 42.5 Å². The van der Waals surface area contributed by atoms with Crippen molar-refractivity contribution in [2.45, 2.75) is 51.8 Å². The Kier molecular flexibility index (Phi) is 6.77. The average molecular weight is 455 g/mol. The number of nitrogens with zero attached hydrogens (tertiary/aromatic N) is 2. The van der Waals surface area contributed by atoms with E-state index in [1.54, 1.807) is 7.11 Å². The van der Waals surface area contributed by atoms with Crippen molar-refractivity contribution in [2.24, 2.45) is 0 Å². The third-order valence-electron chi connectivity index (χ3n) is 6.18. The van der Waals surface area contributed by atoms with Crippen LogP contribution in [-0.2, 0) is 29.0 Å². The van der Waals surface area contributed by atoms with E-state index in [9.17, 15) is 4.79 Å². The van der Waals surface area contributed by atoms with Gasteiger partial charge in [0.1, 0.15) is 5.75 Å². The number of likely N-dealkylation sites (N-methyl/N-ethyl adjacent to an activating group) is 1. The maximum absolute atomic E-state index is 12.7. The Morgan fingerprint density at radius 1 is 1.16 bits per heavy atom. The Balaban J connectivity index is 1.75. The van der Waals surface area contributed by atoms with Crippen molar-refractivity contribution in [2.75, 3.05) is 20.7 Å². The van der Waals surface area contributed by atoms with Gasteiger partial charge in [0.2, 0.25) is 0 Å². The van der Waals surface area contributed by atoms with E-state index in [0.29, 0.717) is 13.0 Å². The molecule has 32 heavy (non-hydrogen) atoms. The third-order valence-corrected chi connectivity index (χ3v) is 6.42. The molecule has 1 unspecified atom stereocenters. The van der Waals surface area contributed by atoms with Crippen LogP contribution in [0.5, 0.6) is 5.75 Å². The molecule has 0 fully saturated rings. The lowest BCUT2D eigenvalue weighted by Crippen LogP contribution is -2.28. The molecule has 170 valence electrons. The van der Waals surface area contributed by atoms with E-state index >= 15 is 0 Å². The van der Waals surface area contributed by atoms with Gasteiger partial charge < -0.3 is 18.9 Å². The first-order chi connectivity index (χ1) is 15.4. The summed E-state index contributed by atoms with van der Waals surface area (Å²) in [4.78, 5) is 15.0. The van der Waals surface area contributed by atoms with E-state index in [-0.39, 0.29) is 18.0 Å². The van der Waals surface area contributed by atoms with Gasteiger partial charge in [-0.3, -0.25) is 4.79 Å². The first-order valence-corrected chi connectivity index (χ1v) is 11.5. The van der Waals surface area contributed by atoms with Crippen molar-refractivity contribution >= 4 is 28.5 Å². The molecule has 6 heteroatoms. The van der Waals surface area contributed by atoms with Gasteiger partial charge in [-0.25, -0.2) is 0 Å². The third kappa shape index (κ3) is 4.79. The molecule has 1 aliphatic rings. The van der Waals surface area contributed by atoms with Crippen molar-refractivity contribution in [3.05, 3.63) is 64.3 Å². The molecule has 0 aliphatic carbocycles. The molecule has 1 aromatic heterocycles. The fourth-order valence-electron chi connectivity index (χ4n) is 4.65. The Labute approximate surface area is 194 Å². The monoisotopic (exact) mass is 454 g/mol. The summed E-state index contributed by atoms with van der Waals surface area (Å²) in [5, 5.41) is 1.97. The van der Waals surface area contributed by atoms with Gasteiger partial charge >= 0.3 is 5.97 Å². The number of methoxy groups -OCH3 is 1. The number of esters is 1. The molecule has 2 heterocycles. The second-order valence-corrected chi connectivity index (χ2v) is 9.33. The molecule has 2 aromatic carbocycles. The van der Waals surface area contributed by atoms with Crippen LogP contribution in [0.3, 0.4) is 0 Å². The van der Waals surface area contributed by atoms with E-state index < -0.39 is 0 Å². The summed E-state index contributed by atoms with van der Waals surface area (Å²) in [6.07, 6.45) is 1.19. The van der Waals surface area contributed by atoms with Crippen LogP contribution in [0.25, 0.3) is 10.9 Å². The van der Waals surface area contributed by atoms with Crippen molar-refractivity contribution < 1.29 is 14.3 Å². The molecule has 0 radical (unpaired) electrons. The molecule has 0 saturated carbocycles. The highest BCUT2D eigenvalue weighted by molar-refractivity contribution is 6.31. The SMILES string of the molecule is COc1ccc(C(CC(=O)OC(C)C)Cn2c3c(c4cc(Cl)ccc42)CCN(C)C3)cc1. The van der Waals surface area contributed by atoms with Gasteiger partial charge in [0.25, 0.3) is 0 Å². The number of carbonyl (C=O) groups excluding carboxylic acids is 1. The van der Waals surface area contributed by atoms with Crippen LogP contribution in [0, 0.1) is 0 Å². The van der Waals surface area contributed by atoms with Gasteiger partial charge in [0, 0.05) is 47.2 Å². The number of benzene rings is 2. The van der Waals surface area contributed by atoms with Gasteiger partial charge in [-0.2, -0.15) is 0 Å². The molecule has 1 atom stereocenters. The lowest BCUT2D eigenvalue weighted by molar-refractivity contribution is -0.147. The van der Waals surface area contributed by atoms with Gasteiger partial charge in [0.05, 0.1) is 19.6 Å². The zero-order chi connectivity index (χ0) is 22.8. The van der Waals surface area contributed by atoms with Crippen LogP contribution in [0.2, 0.25) is 5.02 Å². The van der Waals surface area contributed by atoms with Gasteiger partial charge in [-0.05, 0) is 68.8 Å². The Hall–Kier alpha value is -2.50. The van der Waals surface area contributed by atoms with Gasteiger partial charge in [0.15, 0.2) is 0 Å². The maximum atomic E-state index is 12.7. The predicted molar refractivity (Wildman–Crippen MR) is 129 cm³/mol. The lowest BCUT2D eigenvalue weighted by atomic mass is 9.95. The highest BCUT2D eigenvalue weighted by Crippen LogP contribution is 2.35. The number of fused-ring (bicyclic) bond motifs is 3. The Bertz CT molecular complexity index is 1100. The minimum Gasteiger partial charge on any atom is -0.497 e. The summed E-state index contributed by atoms with van der Waals surface area (Å²) < 4.78 is 13.2. The molecular weight excluding hydrogens is 424 g/mol. The molecule has 0 amide bonds. The van der Waals surface area contributed by atoms with Crippen LogP contribution >= 0.6 is 11.6 Å². The molecule has 4 rings (SSSR count). The highest BCUT2D eigenvalue weighted by atomic mass is 35.5. The number of ether oxygens (including phenoxy) is 2. The van der Waals surface area contributed by atoms with Crippen molar-refractivity contribution in [1.29, 1.82) is 0 Å². The van der Waals surface area contributed by atoms with E-state index in [2.05, 4.69) is 28.6 Å². The molecule has 3 aromatic rings. The minimum atomic E-state index is -0.175. The smallest absolute Gasteiger partial charge is 0.306 e. The standard InChI is InChI=1S/C26H31ClN2O3/c1-17(2)32-26(30)13-19(18-5-8-21(31-4)9-6-18)15-29-24-10-7-20(27)14-23(24)22-11-12-28(3)16-25(22)29/h5-10,14,17,19H,11-13,15-16H2,1-4H3. The number of halogens is 1. The van der Waals surface area contributed by atoms with Crippen molar-refractivity contribution in [3.8, 4) is 5.75 Å². The van der Waals surface area contributed by atoms with Gasteiger partial charge in [-0.15, -0.1) is 0 Å². The predicted octanol–water partition coefficient (Wildman–Crippen LogP) is 5.42. The average Bonchev–Trinajstić information content (AvgIpc) is 3.04. The number of hydrogen-bond acceptors (Lipinski definition) is 4. The summed E-state index contributed by atoms with van der Waals surface area (Å²) in [7, 11) is 3.81. The lowest BCUT2D eigenvalue weighted by Gasteiger charge is -2.26. The summed E-state index contributed by atoms with van der Waals surface area (Å²) >= 11 is 6.35. The van der Waals surface area contributed by atoms with E-state index in [1.165, 1.54) is 22.2 Å². The number of hydrogen-bond donors (Lipinski definition) is 0. The zero-order valence-corrected chi connectivity index (χ0v) is 20.0. The molecule has 0 saturated heterocycles. The van der Waals surface area contributed by atoms with E-state index in [4.69, 9.17) is 21.1 Å². The largest absolute Gasteiger partial charge is 0.497 e. The normalized spacial score (nSPS) is 15.1. The molecule has 0 spiro atoms. The molecule has 1 aliphatic heterocycles. The fourth-order valence-corrected chi connectivity index (χ4v) is 4.82. The second kappa shape index (κ2) is 9.55. The fraction of sp³-hybridized carbons (Fsp3) is 0.423. The minimum absolute atomic E-state index is 0.0187. The zero-order valence-electron chi connectivity index (χ0n) is 19.2. The molecule has 0 bridgehead atoms. The number of rotatable bonds is 7. The summed E-state index contributed by atoms with van der Waals surface area (Å²) in [6, 6.07) is 14.1. The summed E-state index contributed by atoms with van der Waals surface area (Å²) in [5.74, 6) is 0.610. The highest BCUT2D eigenvalue weighted by Gasteiger charge is 2.26. The van der Waals surface area contributed by atoms with Gasteiger partial charge in [-0.1, -0.05) is 23.7 Å². The van der Waals surface area contributed by atoms with E-state index in [1.807, 2.05) is 44.2 Å². The first kappa shape index (κ1) is 22.7. The maximum Gasteiger partial charge on any atom is 0.306 e. The van der Waals surface area contributed by atoms with E-state index in [0.717, 1.165) is 35.8 Å². The van der Waals surface area contributed by atoms with Crippen molar-refractivity contribution in [1.82, 2.24) is 9.47 Å². The quantitative estimate of drug-likeness (QED) is 0.447. The van der Waals surface area contributed by atoms with Crippen molar-refractivity contribution in [3.63, 3.8) is 0 Å². The van der Waals surface area contributed by atoms with Crippen LogP contribution in [0.4, 0.5) is 0 Å². The first-order valence-electron chi connectivity index (χ1n) is 11.2. The summed E-state index contributed by atoms with van der Waals surface area (Å²) in [6.45, 7) is 6.38. The molecular formula is C26H31ClN2O3. The Morgan fingerprint density at radius 2 is 1.91 bits per heavy atom. The number of carbonyl (C=O) groups is 1. The van der Waals surface area contributed by atoms with Crippen LogP contribution in [0.1, 0.15) is 43.0 Å². The molecule has 5 nitrogen and oxygen atoms in total. The van der Waals surface area contributed by atoms with Crippen LogP contribution in [-0.4, -0.2) is 42.2 Å². The number of aromatic nitrogens is 1. The summed E-state index contributed by atoms with van der Waals surface area (Å²) in [5.41, 5.74) is 4.95. The molecule has 0 N–H and O–H groups in total. The van der Waals surface area contributed by atoms with Crippen LogP contribution < -0.4 is 4.74 Å². The second-order valence-electron chi connectivity index (χ2n) is 8.90.